The van der Waals surface area contributed by atoms with Crippen LogP contribution in [0.3, 0.4) is 0 Å². The number of hydrogen-bond donors (Lipinski definition) is 2. The van der Waals surface area contributed by atoms with E-state index < -0.39 is 0 Å². The van der Waals surface area contributed by atoms with Gasteiger partial charge in [-0.25, -0.2) is 0 Å². The van der Waals surface area contributed by atoms with Crippen molar-refractivity contribution in [3.05, 3.63) is 24.1 Å². The highest BCUT2D eigenvalue weighted by Crippen LogP contribution is 2.22. The van der Waals surface area contributed by atoms with E-state index in [9.17, 15) is 0 Å². The average molecular weight is 195 g/mol. The minimum Gasteiger partial charge on any atom is -0.495 e. The summed E-state index contributed by atoms with van der Waals surface area (Å²) in [5, 5.41) is 12.0. The Morgan fingerprint density at radius 1 is 1.71 bits per heavy atom. The fourth-order valence-electron chi connectivity index (χ4n) is 1.89. The first-order valence-corrected chi connectivity index (χ1v) is 5.54. The van der Waals surface area contributed by atoms with E-state index >= 15 is 0 Å². The first kappa shape index (κ1) is 11.2. The molecule has 0 aromatic rings. The van der Waals surface area contributed by atoms with Gasteiger partial charge in [-0.05, 0) is 38.7 Å². The molecule has 2 heteroatoms. The standard InChI is InChI=1S/C12H21NO/c1-3-4-5-11-6-8-12(9-7-11)13-10(2)14/h6,12-14H,2-5,7-9H2,1H3. The molecule has 0 aromatic heterocycles. The van der Waals surface area contributed by atoms with Crippen LogP contribution in [0.1, 0.15) is 45.4 Å². The smallest absolute Gasteiger partial charge is 0.176 e. The van der Waals surface area contributed by atoms with Gasteiger partial charge in [0.05, 0.1) is 0 Å². The van der Waals surface area contributed by atoms with Crippen molar-refractivity contribution < 1.29 is 5.11 Å². The zero-order valence-corrected chi connectivity index (χ0v) is 9.05. The number of hydrogen-bond acceptors (Lipinski definition) is 2. The molecule has 14 heavy (non-hydrogen) atoms. The highest BCUT2D eigenvalue weighted by atomic mass is 16.3. The molecule has 1 unspecified atom stereocenters. The Kier molecular flexibility index (Phi) is 4.57. The van der Waals surface area contributed by atoms with Gasteiger partial charge in [0.15, 0.2) is 5.88 Å². The Balaban J connectivity index is 2.28. The van der Waals surface area contributed by atoms with Crippen molar-refractivity contribution in [3.8, 4) is 0 Å². The van der Waals surface area contributed by atoms with E-state index in [2.05, 4.69) is 24.9 Å². The van der Waals surface area contributed by atoms with E-state index in [0.717, 1.165) is 12.8 Å². The molecule has 2 nitrogen and oxygen atoms in total. The summed E-state index contributed by atoms with van der Waals surface area (Å²) in [5.41, 5.74) is 1.59. The van der Waals surface area contributed by atoms with Crippen LogP contribution in [0, 0.1) is 0 Å². The number of rotatable bonds is 5. The summed E-state index contributed by atoms with van der Waals surface area (Å²) in [6.45, 7) is 5.67. The van der Waals surface area contributed by atoms with E-state index in [0.29, 0.717) is 6.04 Å². The van der Waals surface area contributed by atoms with Crippen LogP contribution in [-0.2, 0) is 0 Å². The third-order valence-electron chi connectivity index (χ3n) is 2.73. The van der Waals surface area contributed by atoms with Crippen molar-refractivity contribution in [2.75, 3.05) is 0 Å². The predicted molar refractivity (Wildman–Crippen MR) is 60.2 cm³/mol. The van der Waals surface area contributed by atoms with Crippen LogP contribution >= 0.6 is 0 Å². The Morgan fingerprint density at radius 2 is 2.50 bits per heavy atom. The van der Waals surface area contributed by atoms with Gasteiger partial charge in [0, 0.05) is 6.04 Å². The van der Waals surface area contributed by atoms with Crippen molar-refractivity contribution in [2.24, 2.45) is 0 Å². The van der Waals surface area contributed by atoms with E-state index in [-0.39, 0.29) is 5.88 Å². The monoisotopic (exact) mass is 195 g/mol. The number of nitrogens with one attached hydrogen (secondary N) is 1. The van der Waals surface area contributed by atoms with Gasteiger partial charge in [-0.1, -0.05) is 25.0 Å². The maximum Gasteiger partial charge on any atom is 0.176 e. The van der Waals surface area contributed by atoms with E-state index in [4.69, 9.17) is 5.11 Å². The Hall–Kier alpha value is -0.920. The molecule has 0 fully saturated rings. The largest absolute Gasteiger partial charge is 0.495 e. The van der Waals surface area contributed by atoms with E-state index in [1.165, 1.54) is 25.7 Å². The first-order chi connectivity index (χ1) is 6.72. The SMILES string of the molecule is C=C(O)NC1CC=C(CCCC)CC1. The molecule has 0 aliphatic heterocycles. The third kappa shape index (κ3) is 3.86. The fraction of sp³-hybridized carbons (Fsp3) is 0.667. The average Bonchev–Trinajstić information content (AvgIpc) is 2.16. The molecular weight excluding hydrogens is 174 g/mol. The molecule has 0 aromatic carbocycles. The lowest BCUT2D eigenvalue weighted by Crippen LogP contribution is -2.29. The van der Waals surface area contributed by atoms with Gasteiger partial charge in [-0.2, -0.15) is 0 Å². The minimum absolute atomic E-state index is 0.0976. The molecule has 0 saturated heterocycles. The molecule has 1 aliphatic carbocycles. The van der Waals surface area contributed by atoms with Crippen molar-refractivity contribution in [1.82, 2.24) is 5.32 Å². The normalized spacial score (nSPS) is 21.5. The van der Waals surface area contributed by atoms with Crippen LogP contribution in [-0.4, -0.2) is 11.1 Å². The molecule has 1 rings (SSSR count). The Bertz CT molecular complexity index is 220. The molecule has 0 heterocycles. The predicted octanol–water partition coefficient (Wildman–Crippen LogP) is 3.27. The molecule has 0 radical (unpaired) electrons. The maximum absolute atomic E-state index is 8.99. The summed E-state index contributed by atoms with van der Waals surface area (Å²) in [6, 6.07) is 0.387. The molecule has 0 bridgehead atoms. The molecule has 0 saturated carbocycles. The second-order valence-electron chi connectivity index (χ2n) is 4.03. The lowest BCUT2D eigenvalue weighted by atomic mass is 9.92. The number of aliphatic hydroxyl groups excluding tert-OH is 1. The summed E-state index contributed by atoms with van der Waals surface area (Å²) in [6.07, 6.45) is 9.46. The minimum atomic E-state index is 0.0976. The summed E-state index contributed by atoms with van der Waals surface area (Å²) in [4.78, 5) is 0. The molecule has 1 aliphatic rings. The first-order valence-electron chi connectivity index (χ1n) is 5.54. The van der Waals surface area contributed by atoms with Crippen molar-refractivity contribution in [2.45, 2.75) is 51.5 Å². The van der Waals surface area contributed by atoms with E-state index in [1.54, 1.807) is 5.57 Å². The van der Waals surface area contributed by atoms with Crippen LogP contribution in [0.4, 0.5) is 0 Å². The zero-order valence-electron chi connectivity index (χ0n) is 9.05. The molecule has 1 atom stereocenters. The van der Waals surface area contributed by atoms with E-state index in [1.807, 2.05) is 0 Å². The molecule has 0 amide bonds. The molecule has 0 spiro atoms. The van der Waals surface area contributed by atoms with Gasteiger partial charge in [-0.15, -0.1) is 0 Å². The summed E-state index contributed by atoms with van der Waals surface area (Å²) in [5.74, 6) is 0.0976. The van der Waals surface area contributed by atoms with Crippen LogP contribution < -0.4 is 5.32 Å². The zero-order chi connectivity index (χ0) is 10.4. The van der Waals surface area contributed by atoms with Crippen LogP contribution in [0.5, 0.6) is 0 Å². The molecular formula is C12H21NO. The maximum atomic E-state index is 8.99. The summed E-state index contributed by atoms with van der Waals surface area (Å²) < 4.78 is 0. The second kappa shape index (κ2) is 5.74. The Labute approximate surface area is 86.7 Å². The topological polar surface area (TPSA) is 32.3 Å². The van der Waals surface area contributed by atoms with Crippen molar-refractivity contribution >= 4 is 0 Å². The Morgan fingerprint density at radius 3 is 3.00 bits per heavy atom. The van der Waals surface area contributed by atoms with Gasteiger partial charge in [0.1, 0.15) is 0 Å². The second-order valence-corrected chi connectivity index (χ2v) is 4.03. The summed E-state index contributed by atoms with van der Waals surface area (Å²) >= 11 is 0. The number of unbranched alkanes of at least 4 members (excludes halogenated alkanes) is 1. The van der Waals surface area contributed by atoms with Crippen LogP contribution in [0.15, 0.2) is 24.1 Å². The van der Waals surface area contributed by atoms with Crippen molar-refractivity contribution in [3.63, 3.8) is 0 Å². The third-order valence-corrected chi connectivity index (χ3v) is 2.73. The molecule has 80 valence electrons. The van der Waals surface area contributed by atoms with Gasteiger partial charge < -0.3 is 10.4 Å². The van der Waals surface area contributed by atoms with Crippen LogP contribution in [0.25, 0.3) is 0 Å². The lowest BCUT2D eigenvalue weighted by Gasteiger charge is -2.23. The van der Waals surface area contributed by atoms with Gasteiger partial charge in [-0.3, -0.25) is 0 Å². The van der Waals surface area contributed by atoms with Gasteiger partial charge in [0.2, 0.25) is 0 Å². The quantitative estimate of drug-likeness (QED) is 0.521. The summed E-state index contributed by atoms with van der Waals surface area (Å²) in [7, 11) is 0. The highest BCUT2D eigenvalue weighted by Gasteiger charge is 2.13. The number of aliphatic hydroxyl groups is 1. The van der Waals surface area contributed by atoms with Gasteiger partial charge >= 0.3 is 0 Å². The highest BCUT2D eigenvalue weighted by molar-refractivity contribution is 5.08. The lowest BCUT2D eigenvalue weighted by molar-refractivity contribution is 0.332. The fourth-order valence-corrected chi connectivity index (χ4v) is 1.89. The van der Waals surface area contributed by atoms with Crippen molar-refractivity contribution in [1.29, 1.82) is 0 Å². The van der Waals surface area contributed by atoms with Crippen LogP contribution in [0.2, 0.25) is 0 Å². The van der Waals surface area contributed by atoms with Gasteiger partial charge in [0.25, 0.3) is 0 Å². The molecule has 2 N–H and O–H groups in total. The number of allylic oxidation sites excluding steroid dienone is 1.